The maximum absolute atomic E-state index is 10.2. The number of hydrogen-bond donors (Lipinski definition) is 0. The van der Waals surface area contributed by atoms with Crippen molar-refractivity contribution in [2.45, 2.75) is 0 Å². The van der Waals surface area contributed by atoms with E-state index in [0.29, 0.717) is 16.7 Å². The molecule has 5 nitrogen and oxygen atoms in total. The van der Waals surface area contributed by atoms with Crippen LogP contribution >= 0.6 is 0 Å². The van der Waals surface area contributed by atoms with Gasteiger partial charge in [0.15, 0.2) is 0 Å². The van der Waals surface area contributed by atoms with Crippen molar-refractivity contribution in [3.63, 3.8) is 0 Å². The molecule has 0 bridgehead atoms. The van der Waals surface area contributed by atoms with E-state index in [1.54, 1.807) is 12.1 Å². The highest BCUT2D eigenvalue weighted by Gasteiger charge is 2.18. The molecule has 0 aliphatic rings. The van der Waals surface area contributed by atoms with Crippen molar-refractivity contribution >= 4 is 43.6 Å². The second kappa shape index (κ2) is 11.4. The summed E-state index contributed by atoms with van der Waals surface area (Å²) in [6.45, 7) is 0. The van der Waals surface area contributed by atoms with E-state index in [2.05, 4.69) is 130 Å². The fraction of sp³-hybridized carbons (Fsp3) is 0. The lowest BCUT2D eigenvalue weighted by molar-refractivity contribution is 1.18. The molecule has 0 N–H and O–H groups in total. The second-order valence-electron chi connectivity index (χ2n) is 12.4. The molecule has 5 heteroatoms. The number of nitrogens with zero attached hydrogens (tertiary/aromatic N) is 5. The minimum atomic E-state index is 0.533. The van der Waals surface area contributed by atoms with Crippen molar-refractivity contribution < 1.29 is 0 Å². The van der Waals surface area contributed by atoms with Crippen LogP contribution in [0.15, 0.2) is 152 Å². The Hall–Kier alpha value is -7.39. The monoisotopic (exact) mass is 635 g/mol. The van der Waals surface area contributed by atoms with E-state index in [-0.39, 0.29) is 0 Å². The molecule has 0 aliphatic heterocycles. The molecule has 50 heavy (non-hydrogen) atoms. The van der Waals surface area contributed by atoms with Crippen molar-refractivity contribution in [1.82, 2.24) is 9.13 Å². The predicted octanol–water partition coefficient (Wildman–Crippen LogP) is 10.8. The average Bonchev–Trinajstić information content (AvgIpc) is 3.69. The van der Waals surface area contributed by atoms with Gasteiger partial charge in [-0.25, -0.2) is 0 Å². The maximum Gasteiger partial charge on any atom is 0.0992 e. The van der Waals surface area contributed by atoms with Crippen LogP contribution in [-0.4, -0.2) is 9.13 Å². The number of benzene rings is 7. The van der Waals surface area contributed by atoms with E-state index in [4.69, 9.17) is 0 Å². The van der Waals surface area contributed by atoms with Crippen molar-refractivity contribution in [3.05, 3.63) is 168 Å². The number of rotatable bonds is 4. The Morgan fingerprint density at radius 3 is 1.56 bits per heavy atom. The van der Waals surface area contributed by atoms with E-state index in [9.17, 15) is 15.8 Å². The molecule has 0 aliphatic carbocycles. The Morgan fingerprint density at radius 2 is 0.920 bits per heavy atom. The highest BCUT2D eigenvalue weighted by Crippen LogP contribution is 2.38. The van der Waals surface area contributed by atoms with E-state index in [0.717, 1.165) is 66.5 Å². The smallest absolute Gasteiger partial charge is 0.0992 e. The standard InChI is InChI=1S/C45H25N5/c46-26-29-16-18-44-39(22-29)40-23-30(27-47)17-19-45(40)49(44)35-21-31(28-48)20-34(25-35)32-8-7-9-33(24-32)36-10-1-4-13-41(36)50-42-14-5-2-11-37(42)38-12-3-6-15-43(38)50/h1-25H. The summed E-state index contributed by atoms with van der Waals surface area (Å²) in [6, 6.07) is 58.0. The van der Waals surface area contributed by atoms with Gasteiger partial charge in [0, 0.05) is 32.8 Å². The third-order valence-electron chi connectivity index (χ3n) is 9.56. The molecule has 230 valence electrons. The van der Waals surface area contributed by atoms with Gasteiger partial charge in [0.2, 0.25) is 0 Å². The summed E-state index contributed by atoms with van der Waals surface area (Å²) in [5.41, 5.74) is 11.7. The fourth-order valence-corrected chi connectivity index (χ4v) is 7.37. The van der Waals surface area contributed by atoms with Gasteiger partial charge < -0.3 is 9.13 Å². The van der Waals surface area contributed by atoms with Crippen LogP contribution in [0.25, 0.3) is 77.2 Å². The molecule has 0 radical (unpaired) electrons. The van der Waals surface area contributed by atoms with Gasteiger partial charge in [-0.3, -0.25) is 0 Å². The van der Waals surface area contributed by atoms with Gasteiger partial charge in [0.25, 0.3) is 0 Å². The van der Waals surface area contributed by atoms with Crippen molar-refractivity contribution in [1.29, 1.82) is 15.8 Å². The highest BCUT2D eigenvalue weighted by molar-refractivity contribution is 6.11. The van der Waals surface area contributed by atoms with Gasteiger partial charge in [-0.05, 0) is 95.6 Å². The van der Waals surface area contributed by atoms with Crippen molar-refractivity contribution in [2.24, 2.45) is 0 Å². The minimum absolute atomic E-state index is 0.533. The van der Waals surface area contributed by atoms with Crippen LogP contribution in [0.4, 0.5) is 0 Å². The number of aromatic nitrogens is 2. The zero-order valence-electron chi connectivity index (χ0n) is 26.7. The third-order valence-corrected chi connectivity index (χ3v) is 9.56. The van der Waals surface area contributed by atoms with Crippen LogP contribution in [0.5, 0.6) is 0 Å². The summed E-state index contributed by atoms with van der Waals surface area (Å²) >= 11 is 0. The van der Waals surface area contributed by atoms with Crippen LogP contribution in [0.1, 0.15) is 16.7 Å². The predicted molar refractivity (Wildman–Crippen MR) is 200 cm³/mol. The summed E-state index contributed by atoms with van der Waals surface area (Å²) in [7, 11) is 0. The van der Waals surface area contributed by atoms with Gasteiger partial charge in [0.05, 0.1) is 62.7 Å². The third kappa shape index (κ3) is 4.45. The van der Waals surface area contributed by atoms with E-state index in [1.807, 2.05) is 36.4 Å². The molecule has 0 spiro atoms. The number of fused-ring (bicyclic) bond motifs is 6. The lowest BCUT2D eigenvalue weighted by Gasteiger charge is -2.15. The van der Waals surface area contributed by atoms with Gasteiger partial charge in [-0.2, -0.15) is 15.8 Å². The summed E-state index contributed by atoms with van der Waals surface area (Å²) < 4.78 is 4.46. The van der Waals surface area contributed by atoms with E-state index >= 15 is 0 Å². The lowest BCUT2D eigenvalue weighted by atomic mass is 9.96. The molecule has 9 rings (SSSR count). The normalized spacial score (nSPS) is 11.1. The Morgan fingerprint density at radius 1 is 0.360 bits per heavy atom. The Labute approximate surface area is 287 Å². The molecule has 0 saturated carbocycles. The first-order valence-corrected chi connectivity index (χ1v) is 16.3. The first-order valence-electron chi connectivity index (χ1n) is 16.3. The van der Waals surface area contributed by atoms with Crippen LogP contribution < -0.4 is 0 Å². The van der Waals surface area contributed by atoms with Crippen LogP contribution in [0, 0.1) is 34.0 Å². The fourth-order valence-electron chi connectivity index (χ4n) is 7.37. The first-order chi connectivity index (χ1) is 24.6. The molecule has 0 saturated heterocycles. The molecule has 0 unspecified atom stereocenters. The maximum atomic E-state index is 10.2. The van der Waals surface area contributed by atoms with Gasteiger partial charge in [-0.15, -0.1) is 0 Å². The molecule has 0 atom stereocenters. The molecular formula is C45H25N5. The average molecular weight is 636 g/mol. The van der Waals surface area contributed by atoms with Crippen LogP contribution in [0.3, 0.4) is 0 Å². The second-order valence-corrected chi connectivity index (χ2v) is 12.4. The summed E-state index contributed by atoms with van der Waals surface area (Å²) in [5.74, 6) is 0. The quantitative estimate of drug-likeness (QED) is 0.193. The molecular weight excluding hydrogens is 611 g/mol. The topological polar surface area (TPSA) is 81.2 Å². The van der Waals surface area contributed by atoms with Crippen LogP contribution in [-0.2, 0) is 0 Å². The summed E-state index contributed by atoms with van der Waals surface area (Å²) in [6.07, 6.45) is 0. The number of para-hydroxylation sites is 3. The van der Waals surface area contributed by atoms with Gasteiger partial charge in [-0.1, -0.05) is 72.8 Å². The molecule has 7 aromatic carbocycles. The molecule has 2 aromatic heterocycles. The van der Waals surface area contributed by atoms with Crippen molar-refractivity contribution in [2.75, 3.05) is 0 Å². The highest BCUT2D eigenvalue weighted by atomic mass is 15.0. The minimum Gasteiger partial charge on any atom is -0.309 e. The lowest BCUT2D eigenvalue weighted by Crippen LogP contribution is -1.97. The van der Waals surface area contributed by atoms with Gasteiger partial charge >= 0.3 is 0 Å². The zero-order chi connectivity index (χ0) is 33.8. The molecule has 2 heterocycles. The first kappa shape index (κ1) is 28.8. The molecule has 9 aromatic rings. The Balaban J connectivity index is 1.23. The zero-order valence-corrected chi connectivity index (χ0v) is 26.7. The largest absolute Gasteiger partial charge is 0.309 e. The van der Waals surface area contributed by atoms with Gasteiger partial charge in [0.1, 0.15) is 0 Å². The number of nitriles is 3. The van der Waals surface area contributed by atoms with E-state index < -0.39 is 0 Å². The summed E-state index contributed by atoms with van der Waals surface area (Å²) in [5, 5.41) is 33.7. The van der Waals surface area contributed by atoms with Crippen LogP contribution in [0.2, 0.25) is 0 Å². The Bertz CT molecular complexity index is 2850. The SMILES string of the molecule is N#Cc1cc(-c2cccc(-c3ccccc3-n3c4ccccc4c4ccccc43)c2)cc(-n2c3ccc(C#N)cc3c3cc(C#N)ccc32)c1. The van der Waals surface area contributed by atoms with Crippen molar-refractivity contribution in [3.8, 4) is 51.8 Å². The molecule has 0 amide bonds. The van der Waals surface area contributed by atoms with E-state index in [1.165, 1.54) is 10.8 Å². The molecule has 0 fully saturated rings. The number of hydrogen-bond acceptors (Lipinski definition) is 3. The summed E-state index contributed by atoms with van der Waals surface area (Å²) in [4.78, 5) is 0. The Kier molecular flexibility index (Phi) is 6.56.